The summed E-state index contributed by atoms with van der Waals surface area (Å²) in [5.74, 6) is -0.00505. The van der Waals surface area contributed by atoms with Crippen molar-refractivity contribution in [2.75, 3.05) is 13.6 Å². The maximum atomic E-state index is 11.1. The first kappa shape index (κ1) is 21.5. The molecule has 1 heterocycles. The third-order valence-corrected chi connectivity index (χ3v) is 4.43. The second-order valence-electron chi connectivity index (χ2n) is 6.95. The van der Waals surface area contributed by atoms with Gasteiger partial charge in [0.15, 0.2) is 5.78 Å². The van der Waals surface area contributed by atoms with Crippen LogP contribution in [0.5, 0.6) is 0 Å². The summed E-state index contributed by atoms with van der Waals surface area (Å²) in [4.78, 5) is 24.4. The standard InChI is InChI=1S/C12H12N2O2.C11H17N/c1-8(15)9-2-4-10(5-3-9)11-6-7-12(16)14-13-11;1-3-9-12(2)10-11-7-5-4-6-8-11/h2-5H,6-7H2,1H3,(H,14,16);4-8H,3,9-10H2,1-2H3. The van der Waals surface area contributed by atoms with Gasteiger partial charge in [0.05, 0.1) is 5.71 Å². The lowest BCUT2D eigenvalue weighted by Gasteiger charge is -2.14. The lowest BCUT2D eigenvalue weighted by atomic mass is 10.0. The molecule has 1 N–H and O–H groups in total. The molecule has 0 aliphatic carbocycles. The van der Waals surface area contributed by atoms with Crippen LogP contribution in [0, 0.1) is 0 Å². The number of Topliss-reactive ketones (excluding diaryl/α,β-unsaturated/α-hetero) is 1. The molecule has 2 aromatic rings. The second-order valence-corrected chi connectivity index (χ2v) is 6.95. The van der Waals surface area contributed by atoms with E-state index in [0.717, 1.165) is 17.8 Å². The first-order valence-corrected chi connectivity index (χ1v) is 9.68. The van der Waals surface area contributed by atoms with Crippen molar-refractivity contribution in [1.29, 1.82) is 0 Å². The lowest BCUT2D eigenvalue weighted by molar-refractivity contribution is -0.121. The van der Waals surface area contributed by atoms with Crippen LogP contribution in [0.4, 0.5) is 0 Å². The number of carbonyl (C=O) groups excluding carboxylic acids is 2. The Morgan fingerprint density at radius 3 is 2.29 bits per heavy atom. The molecule has 5 nitrogen and oxygen atoms in total. The number of hydrazone groups is 1. The molecule has 28 heavy (non-hydrogen) atoms. The van der Waals surface area contributed by atoms with Crippen molar-refractivity contribution in [3.63, 3.8) is 0 Å². The quantitative estimate of drug-likeness (QED) is 0.771. The molecule has 1 aliphatic heterocycles. The highest BCUT2D eigenvalue weighted by molar-refractivity contribution is 6.04. The molecule has 0 saturated carbocycles. The summed E-state index contributed by atoms with van der Waals surface area (Å²) >= 11 is 0. The monoisotopic (exact) mass is 379 g/mol. The molecule has 148 valence electrons. The summed E-state index contributed by atoms with van der Waals surface area (Å²) in [6.45, 7) is 5.98. The molecule has 0 radical (unpaired) electrons. The molecule has 1 aliphatic rings. The first-order valence-electron chi connectivity index (χ1n) is 9.68. The van der Waals surface area contributed by atoms with E-state index in [-0.39, 0.29) is 11.7 Å². The van der Waals surface area contributed by atoms with E-state index >= 15 is 0 Å². The Labute approximate surface area is 167 Å². The summed E-state index contributed by atoms with van der Waals surface area (Å²) in [5.41, 5.74) is 6.34. The summed E-state index contributed by atoms with van der Waals surface area (Å²) in [5, 5.41) is 3.99. The first-order chi connectivity index (χ1) is 13.5. The van der Waals surface area contributed by atoms with Gasteiger partial charge >= 0.3 is 0 Å². The Balaban J connectivity index is 0.000000209. The van der Waals surface area contributed by atoms with E-state index in [4.69, 9.17) is 0 Å². The van der Waals surface area contributed by atoms with Gasteiger partial charge in [-0.25, -0.2) is 5.43 Å². The number of amides is 1. The Hall–Kier alpha value is -2.79. The van der Waals surface area contributed by atoms with Crippen LogP contribution in [0.25, 0.3) is 0 Å². The average Bonchev–Trinajstić information content (AvgIpc) is 2.70. The predicted octanol–water partition coefficient (Wildman–Crippen LogP) is 4.03. The van der Waals surface area contributed by atoms with E-state index in [9.17, 15) is 9.59 Å². The number of ketones is 1. The van der Waals surface area contributed by atoms with Crippen LogP contribution < -0.4 is 5.43 Å². The molecule has 0 unspecified atom stereocenters. The highest BCUT2D eigenvalue weighted by Gasteiger charge is 2.13. The van der Waals surface area contributed by atoms with E-state index < -0.39 is 0 Å². The molecule has 0 aromatic heterocycles. The fraction of sp³-hybridized carbons (Fsp3) is 0.348. The SMILES string of the molecule is CC(=O)c1ccc(C2=NNC(=O)CC2)cc1.CCCN(C)Cc1ccccc1. The molecule has 5 heteroatoms. The van der Waals surface area contributed by atoms with Gasteiger partial charge in [-0.1, -0.05) is 61.5 Å². The van der Waals surface area contributed by atoms with E-state index in [1.165, 1.54) is 25.5 Å². The fourth-order valence-corrected chi connectivity index (χ4v) is 2.94. The Morgan fingerprint density at radius 2 is 1.75 bits per heavy atom. The highest BCUT2D eigenvalue weighted by Crippen LogP contribution is 2.11. The molecule has 0 bridgehead atoms. The number of benzene rings is 2. The van der Waals surface area contributed by atoms with Crippen LogP contribution in [0.1, 0.15) is 54.6 Å². The number of rotatable bonds is 6. The number of carbonyl (C=O) groups is 2. The van der Waals surface area contributed by atoms with Crippen molar-refractivity contribution in [2.24, 2.45) is 5.10 Å². The minimum Gasteiger partial charge on any atom is -0.302 e. The predicted molar refractivity (Wildman–Crippen MR) is 113 cm³/mol. The van der Waals surface area contributed by atoms with E-state index in [0.29, 0.717) is 18.4 Å². The van der Waals surface area contributed by atoms with Crippen LogP contribution in [-0.4, -0.2) is 35.9 Å². The van der Waals surface area contributed by atoms with E-state index in [1.54, 1.807) is 12.1 Å². The summed E-state index contributed by atoms with van der Waals surface area (Å²) < 4.78 is 0. The van der Waals surface area contributed by atoms with Crippen LogP contribution in [0.15, 0.2) is 59.7 Å². The third kappa shape index (κ3) is 7.08. The molecule has 0 fully saturated rings. The number of nitrogens with zero attached hydrogens (tertiary/aromatic N) is 2. The Bertz CT molecular complexity index is 798. The molecule has 1 amide bonds. The minimum atomic E-state index is -0.0518. The third-order valence-electron chi connectivity index (χ3n) is 4.43. The molecule has 0 saturated heterocycles. The average molecular weight is 380 g/mol. The number of hydrogen-bond acceptors (Lipinski definition) is 4. The normalized spacial score (nSPS) is 13.3. The smallest absolute Gasteiger partial charge is 0.240 e. The van der Waals surface area contributed by atoms with Crippen molar-refractivity contribution >= 4 is 17.4 Å². The van der Waals surface area contributed by atoms with Gasteiger partial charge in [-0.2, -0.15) is 5.10 Å². The minimum absolute atomic E-state index is 0.0467. The van der Waals surface area contributed by atoms with Gasteiger partial charge in [0.2, 0.25) is 5.91 Å². The summed E-state index contributed by atoms with van der Waals surface area (Å²) in [7, 11) is 2.16. The maximum Gasteiger partial charge on any atom is 0.240 e. The lowest BCUT2D eigenvalue weighted by Crippen LogP contribution is -2.25. The largest absolute Gasteiger partial charge is 0.302 e. The highest BCUT2D eigenvalue weighted by atomic mass is 16.2. The van der Waals surface area contributed by atoms with Gasteiger partial charge in [-0.3, -0.25) is 9.59 Å². The molecule has 0 spiro atoms. The number of hydrogen-bond donors (Lipinski definition) is 1. The molecular formula is C23H29N3O2. The van der Waals surface area contributed by atoms with E-state index in [2.05, 4.69) is 59.7 Å². The van der Waals surface area contributed by atoms with Crippen molar-refractivity contribution < 1.29 is 9.59 Å². The van der Waals surface area contributed by atoms with Gasteiger partial charge in [-0.05, 0) is 38.1 Å². The van der Waals surface area contributed by atoms with Crippen LogP contribution in [-0.2, 0) is 11.3 Å². The molecular weight excluding hydrogens is 350 g/mol. The van der Waals surface area contributed by atoms with Crippen LogP contribution >= 0.6 is 0 Å². The molecule has 0 atom stereocenters. The molecule has 2 aromatic carbocycles. The Morgan fingerprint density at radius 1 is 1.07 bits per heavy atom. The zero-order valence-electron chi connectivity index (χ0n) is 16.9. The van der Waals surface area contributed by atoms with Crippen LogP contribution in [0.3, 0.4) is 0 Å². The zero-order valence-corrected chi connectivity index (χ0v) is 16.9. The van der Waals surface area contributed by atoms with Crippen molar-refractivity contribution in [3.8, 4) is 0 Å². The summed E-state index contributed by atoms with van der Waals surface area (Å²) in [6, 6.07) is 17.8. The maximum absolute atomic E-state index is 11.1. The zero-order chi connectivity index (χ0) is 20.4. The van der Waals surface area contributed by atoms with Crippen molar-refractivity contribution in [1.82, 2.24) is 10.3 Å². The van der Waals surface area contributed by atoms with Gasteiger partial charge in [-0.15, -0.1) is 0 Å². The summed E-state index contributed by atoms with van der Waals surface area (Å²) in [6.07, 6.45) is 2.34. The van der Waals surface area contributed by atoms with Gasteiger partial charge in [0.25, 0.3) is 0 Å². The van der Waals surface area contributed by atoms with Gasteiger partial charge in [0, 0.05) is 24.9 Å². The number of nitrogens with one attached hydrogen (secondary N) is 1. The Kier molecular flexibility index (Phi) is 8.56. The van der Waals surface area contributed by atoms with Crippen LogP contribution in [0.2, 0.25) is 0 Å². The van der Waals surface area contributed by atoms with Gasteiger partial charge < -0.3 is 4.90 Å². The molecule has 3 rings (SSSR count). The second kappa shape index (κ2) is 11.1. The van der Waals surface area contributed by atoms with Gasteiger partial charge in [0.1, 0.15) is 0 Å². The fourth-order valence-electron chi connectivity index (χ4n) is 2.94. The van der Waals surface area contributed by atoms with E-state index in [1.807, 2.05) is 12.1 Å². The van der Waals surface area contributed by atoms with Crippen molar-refractivity contribution in [2.45, 2.75) is 39.7 Å². The topological polar surface area (TPSA) is 61.8 Å². The van der Waals surface area contributed by atoms with Crippen molar-refractivity contribution in [3.05, 3.63) is 71.3 Å².